The number of rotatable bonds is 4. The zero-order valence-corrected chi connectivity index (χ0v) is 15.6. The van der Waals surface area contributed by atoms with E-state index in [0.29, 0.717) is 18.1 Å². The second-order valence-corrected chi connectivity index (χ2v) is 7.94. The Morgan fingerprint density at radius 1 is 1.17 bits per heavy atom. The number of fused-ring (bicyclic) bond motifs is 2. The minimum Gasteiger partial charge on any atom is -0.484 e. The molecule has 0 saturated carbocycles. The van der Waals surface area contributed by atoms with E-state index in [1.54, 1.807) is 0 Å². The molecule has 5 heteroatoms. The van der Waals surface area contributed by atoms with Crippen LogP contribution in [0.1, 0.15) is 52.0 Å². The molecule has 2 unspecified atom stereocenters. The summed E-state index contributed by atoms with van der Waals surface area (Å²) in [5, 5.41) is 6.71. The minimum atomic E-state index is -0.0174. The van der Waals surface area contributed by atoms with Gasteiger partial charge in [0.2, 0.25) is 0 Å². The first-order valence-electron chi connectivity index (χ1n) is 8.69. The molecule has 1 aromatic carbocycles. The van der Waals surface area contributed by atoms with Crippen LogP contribution in [-0.2, 0) is 10.2 Å². The third-order valence-corrected chi connectivity index (χ3v) is 4.93. The molecule has 2 atom stereocenters. The Morgan fingerprint density at radius 3 is 2.29 bits per heavy atom. The Kier molecular flexibility index (Phi) is 6.16. The summed E-state index contributed by atoms with van der Waals surface area (Å²) in [7, 11) is 0. The van der Waals surface area contributed by atoms with Crippen LogP contribution < -0.4 is 15.4 Å². The fourth-order valence-corrected chi connectivity index (χ4v) is 3.64. The van der Waals surface area contributed by atoms with E-state index >= 15 is 0 Å². The lowest BCUT2D eigenvalue weighted by atomic mass is 9.87. The fraction of sp³-hybridized carbons (Fsp3) is 0.632. The maximum Gasteiger partial charge on any atom is 0.258 e. The van der Waals surface area contributed by atoms with Crippen LogP contribution >= 0.6 is 12.4 Å². The normalized spacial score (nSPS) is 25.7. The molecule has 2 saturated heterocycles. The van der Waals surface area contributed by atoms with Gasteiger partial charge in [0, 0.05) is 18.1 Å². The second-order valence-electron chi connectivity index (χ2n) is 7.94. The van der Waals surface area contributed by atoms with E-state index in [2.05, 4.69) is 43.5 Å². The Bertz CT molecular complexity index is 541. The Hall–Kier alpha value is -1.26. The molecular formula is C19H29ClN2O2. The molecule has 4 nitrogen and oxygen atoms in total. The number of hydrogen-bond acceptors (Lipinski definition) is 3. The van der Waals surface area contributed by atoms with Crippen molar-refractivity contribution in [1.29, 1.82) is 0 Å². The topological polar surface area (TPSA) is 50.4 Å². The molecule has 2 heterocycles. The van der Waals surface area contributed by atoms with Gasteiger partial charge in [0.1, 0.15) is 5.75 Å². The Balaban J connectivity index is 0.00000208. The van der Waals surface area contributed by atoms with E-state index in [1.165, 1.54) is 18.4 Å². The predicted octanol–water partition coefficient (Wildman–Crippen LogP) is 3.18. The summed E-state index contributed by atoms with van der Waals surface area (Å²) >= 11 is 0. The van der Waals surface area contributed by atoms with Crippen LogP contribution in [0.5, 0.6) is 5.75 Å². The van der Waals surface area contributed by atoms with Gasteiger partial charge in [-0.3, -0.25) is 4.79 Å². The minimum absolute atomic E-state index is 0. The molecular weight excluding hydrogens is 324 g/mol. The molecule has 24 heavy (non-hydrogen) atoms. The van der Waals surface area contributed by atoms with Crippen molar-refractivity contribution in [2.75, 3.05) is 6.61 Å². The predicted molar refractivity (Wildman–Crippen MR) is 99.0 cm³/mol. The summed E-state index contributed by atoms with van der Waals surface area (Å²) in [5.74, 6) is 0.731. The largest absolute Gasteiger partial charge is 0.484 e. The van der Waals surface area contributed by atoms with Gasteiger partial charge >= 0.3 is 0 Å². The van der Waals surface area contributed by atoms with Gasteiger partial charge in [-0.25, -0.2) is 0 Å². The smallest absolute Gasteiger partial charge is 0.258 e. The summed E-state index contributed by atoms with van der Waals surface area (Å²) in [4.78, 5) is 12.1. The van der Waals surface area contributed by atoms with Crippen LogP contribution in [0.4, 0.5) is 0 Å². The van der Waals surface area contributed by atoms with Crippen molar-refractivity contribution in [3.05, 3.63) is 29.8 Å². The van der Waals surface area contributed by atoms with Crippen LogP contribution in [0.15, 0.2) is 24.3 Å². The highest BCUT2D eigenvalue weighted by Gasteiger charge is 2.33. The number of carbonyl (C=O) groups excluding carboxylic acids is 1. The van der Waals surface area contributed by atoms with Gasteiger partial charge in [-0.2, -0.15) is 0 Å². The molecule has 1 amide bonds. The number of nitrogens with one attached hydrogen (secondary N) is 2. The summed E-state index contributed by atoms with van der Waals surface area (Å²) in [5.41, 5.74) is 1.39. The van der Waals surface area contributed by atoms with Crippen LogP contribution in [0, 0.1) is 0 Å². The molecule has 3 rings (SSSR count). The van der Waals surface area contributed by atoms with E-state index in [1.807, 2.05) is 12.1 Å². The first-order chi connectivity index (χ1) is 10.9. The molecule has 0 radical (unpaired) electrons. The monoisotopic (exact) mass is 352 g/mol. The molecule has 2 N–H and O–H groups in total. The molecule has 2 fully saturated rings. The van der Waals surface area contributed by atoms with Gasteiger partial charge in [0.15, 0.2) is 6.61 Å². The van der Waals surface area contributed by atoms with Crippen LogP contribution in [0.3, 0.4) is 0 Å². The number of piperidine rings is 1. The van der Waals surface area contributed by atoms with E-state index < -0.39 is 0 Å². The van der Waals surface area contributed by atoms with Crippen molar-refractivity contribution in [2.24, 2.45) is 0 Å². The molecule has 0 spiro atoms. The summed E-state index contributed by atoms with van der Waals surface area (Å²) < 4.78 is 5.62. The van der Waals surface area contributed by atoms with Crippen molar-refractivity contribution < 1.29 is 9.53 Å². The van der Waals surface area contributed by atoms with E-state index in [0.717, 1.165) is 18.6 Å². The zero-order chi connectivity index (χ0) is 16.4. The van der Waals surface area contributed by atoms with Crippen molar-refractivity contribution in [3.63, 3.8) is 0 Å². The number of hydrogen-bond donors (Lipinski definition) is 2. The van der Waals surface area contributed by atoms with Gasteiger partial charge in [0.25, 0.3) is 5.91 Å². The van der Waals surface area contributed by atoms with Crippen LogP contribution in [-0.4, -0.2) is 30.6 Å². The van der Waals surface area contributed by atoms with Gasteiger partial charge in [-0.15, -0.1) is 12.4 Å². The Morgan fingerprint density at radius 2 is 1.75 bits per heavy atom. The van der Waals surface area contributed by atoms with Crippen molar-refractivity contribution >= 4 is 18.3 Å². The lowest BCUT2D eigenvalue weighted by Crippen LogP contribution is -2.48. The van der Waals surface area contributed by atoms with Crippen molar-refractivity contribution in [1.82, 2.24) is 10.6 Å². The second kappa shape index (κ2) is 7.75. The first kappa shape index (κ1) is 19.1. The first-order valence-corrected chi connectivity index (χ1v) is 8.69. The standard InChI is InChI=1S/C19H28N2O2.ClH/c1-19(2,3)13-4-8-17(9-5-13)23-12-18(22)21-16-10-14-6-7-15(11-16)20-14;/h4-5,8-9,14-16,20H,6-7,10-12H2,1-3H3,(H,21,22);1H. The average molecular weight is 353 g/mol. The van der Waals surface area contributed by atoms with E-state index in [9.17, 15) is 4.79 Å². The van der Waals surface area contributed by atoms with Crippen LogP contribution in [0.2, 0.25) is 0 Å². The van der Waals surface area contributed by atoms with Gasteiger partial charge in [0.05, 0.1) is 0 Å². The lowest BCUT2D eigenvalue weighted by Gasteiger charge is -2.29. The third kappa shape index (κ3) is 4.87. The highest BCUT2D eigenvalue weighted by Crippen LogP contribution is 2.27. The van der Waals surface area contributed by atoms with Crippen LogP contribution in [0.25, 0.3) is 0 Å². The summed E-state index contributed by atoms with van der Waals surface area (Å²) in [6.07, 6.45) is 4.58. The third-order valence-electron chi connectivity index (χ3n) is 4.93. The average Bonchev–Trinajstić information content (AvgIpc) is 2.83. The maximum absolute atomic E-state index is 12.1. The zero-order valence-electron chi connectivity index (χ0n) is 14.8. The van der Waals surface area contributed by atoms with Gasteiger partial charge < -0.3 is 15.4 Å². The van der Waals surface area contributed by atoms with E-state index in [4.69, 9.17) is 4.74 Å². The van der Waals surface area contributed by atoms with Crippen molar-refractivity contribution in [3.8, 4) is 5.75 Å². The molecule has 0 aliphatic carbocycles. The molecule has 2 bridgehead atoms. The molecule has 2 aliphatic heterocycles. The maximum atomic E-state index is 12.1. The highest BCUT2D eigenvalue weighted by atomic mass is 35.5. The number of ether oxygens (including phenoxy) is 1. The summed E-state index contributed by atoms with van der Waals surface area (Å²) in [6, 6.07) is 9.50. The van der Waals surface area contributed by atoms with Crippen molar-refractivity contribution in [2.45, 2.75) is 70.0 Å². The molecule has 134 valence electrons. The lowest BCUT2D eigenvalue weighted by molar-refractivity contribution is -0.124. The number of halogens is 1. The van der Waals surface area contributed by atoms with Gasteiger partial charge in [-0.1, -0.05) is 32.9 Å². The quantitative estimate of drug-likeness (QED) is 0.875. The van der Waals surface area contributed by atoms with Gasteiger partial charge in [-0.05, 0) is 48.8 Å². The molecule has 1 aromatic rings. The number of carbonyl (C=O) groups is 1. The highest BCUT2D eigenvalue weighted by molar-refractivity contribution is 5.85. The number of benzene rings is 1. The SMILES string of the molecule is CC(C)(C)c1ccc(OCC(=O)NC2CC3CCC(C2)N3)cc1.Cl. The number of amides is 1. The summed E-state index contributed by atoms with van der Waals surface area (Å²) in [6.45, 7) is 6.64. The fourth-order valence-electron chi connectivity index (χ4n) is 3.64. The molecule has 2 aliphatic rings. The molecule has 0 aromatic heterocycles. The Labute approximate surface area is 151 Å². The van der Waals surface area contributed by atoms with E-state index in [-0.39, 0.29) is 30.3 Å².